The first-order valence-electron chi connectivity index (χ1n) is 5.12. The molecule has 0 atom stereocenters. The average molecular weight is 289 g/mol. The molecule has 0 aliphatic carbocycles. The lowest BCUT2D eigenvalue weighted by molar-refractivity contribution is -0.137. The number of benzene rings is 1. The van der Waals surface area contributed by atoms with Crippen molar-refractivity contribution in [2.45, 2.75) is 6.18 Å². The second kappa shape index (κ2) is 4.97. The molecule has 0 aliphatic heterocycles. The maximum absolute atomic E-state index is 12.3. The van der Waals surface area contributed by atoms with E-state index in [-0.39, 0.29) is 16.7 Å². The van der Waals surface area contributed by atoms with Crippen LogP contribution in [0, 0.1) is 0 Å². The van der Waals surface area contributed by atoms with Gasteiger partial charge in [-0.2, -0.15) is 13.2 Å². The van der Waals surface area contributed by atoms with E-state index < -0.39 is 11.7 Å². The predicted octanol–water partition coefficient (Wildman–Crippen LogP) is 4.13. The van der Waals surface area contributed by atoms with Crippen LogP contribution in [0.5, 0.6) is 11.6 Å². The molecule has 2 N–H and O–H groups in total. The van der Waals surface area contributed by atoms with Crippen molar-refractivity contribution in [1.29, 1.82) is 0 Å². The Labute approximate surface area is 111 Å². The Balaban J connectivity index is 2.20. The summed E-state index contributed by atoms with van der Waals surface area (Å²) in [5.41, 5.74) is 5.12. The number of alkyl halides is 3. The van der Waals surface area contributed by atoms with Gasteiger partial charge in [0.1, 0.15) is 5.75 Å². The largest absolute Gasteiger partial charge is 0.437 e. The number of ether oxygens (including phenoxy) is 1. The number of pyridine rings is 1. The maximum atomic E-state index is 12.3. The summed E-state index contributed by atoms with van der Waals surface area (Å²) in [6.07, 6.45) is -3.73. The molecule has 0 radical (unpaired) electrons. The number of hydrogen-bond donors (Lipinski definition) is 1. The summed E-state index contributed by atoms with van der Waals surface area (Å²) >= 11 is 5.87. The summed E-state index contributed by atoms with van der Waals surface area (Å²) in [6.45, 7) is 0. The van der Waals surface area contributed by atoms with Crippen LogP contribution in [0.4, 0.5) is 18.9 Å². The summed E-state index contributed by atoms with van der Waals surface area (Å²) < 4.78 is 42.3. The fraction of sp³-hybridized carbons (Fsp3) is 0.0833. The van der Waals surface area contributed by atoms with Crippen molar-refractivity contribution in [2.75, 3.05) is 5.73 Å². The average Bonchev–Trinajstić information content (AvgIpc) is 2.32. The van der Waals surface area contributed by atoms with Crippen molar-refractivity contribution in [3.05, 3.63) is 47.1 Å². The van der Waals surface area contributed by atoms with E-state index in [0.29, 0.717) is 11.9 Å². The third-order valence-corrected chi connectivity index (χ3v) is 2.53. The molecule has 100 valence electrons. The normalized spacial score (nSPS) is 11.4. The van der Waals surface area contributed by atoms with Gasteiger partial charge in [0.15, 0.2) is 0 Å². The van der Waals surface area contributed by atoms with E-state index in [1.807, 2.05) is 0 Å². The summed E-state index contributed by atoms with van der Waals surface area (Å²) in [4.78, 5) is 3.57. The standard InChI is InChI=1S/C12H8ClF3N2O/c13-9-5-8(17)2-3-10(9)19-11-4-1-7(6-18-11)12(14,15)16/h1-6H,17H2. The van der Waals surface area contributed by atoms with Gasteiger partial charge in [-0.05, 0) is 24.3 Å². The van der Waals surface area contributed by atoms with Crippen molar-refractivity contribution in [1.82, 2.24) is 4.98 Å². The lowest BCUT2D eigenvalue weighted by Crippen LogP contribution is -2.05. The summed E-state index contributed by atoms with van der Waals surface area (Å²) in [6, 6.07) is 6.55. The van der Waals surface area contributed by atoms with Gasteiger partial charge in [0.2, 0.25) is 5.88 Å². The van der Waals surface area contributed by atoms with Crippen LogP contribution < -0.4 is 10.5 Å². The minimum Gasteiger partial charge on any atom is -0.437 e. The number of halogens is 4. The number of nitrogens with two attached hydrogens (primary N) is 1. The smallest absolute Gasteiger partial charge is 0.417 e. The molecule has 7 heteroatoms. The van der Waals surface area contributed by atoms with Crippen LogP contribution in [0.2, 0.25) is 5.02 Å². The van der Waals surface area contributed by atoms with E-state index >= 15 is 0 Å². The monoisotopic (exact) mass is 288 g/mol. The molecular formula is C12H8ClF3N2O. The molecule has 0 spiro atoms. The van der Waals surface area contributed by atoms with Crippen molar-refractivity contribution in [3.63, 3.8) is 0 Å². The Morgan fingerprint density at radius 2 is 1.89 bits per heavy atom. The Morgan fingerprint density at radius 3 is 2.42 bits per heavy atom. The molecule has 0 unspecified atom stereocenters. The van der Waals surface area contributed by atoms with Crippen LogP contribution in [0.25, 0.3) is 0 Å². The van der Waals surface area contributed by atoms with E-state index in [0.717, 1.165) is 12.1 Å². The number of nitrogens with zero attached hydrogens (tertiary/aromatic N) is 1. The first kappa shape index (κ1) is 13.5. The molecule has 0 fully saturated rings. The predicted molar refractivity (Wildman–Crippen MR) is 65.2 cm³/mol. The zero-order valence-electron chi connectivity index (χ0n) is 9.41. The first-order chi connectivity index (χ1) is 8.86. The van der Waals surface area contributed by atoms with Crippen LogP contribution in [0.3, 0.4) is 0 Å². The molecule has 19 heavy (non-hydrogen) atoms. The maximum Gasteiger partial charge on any atom is 0.417 e. The highest BCUT2D eigenvalue weighted by molar-refractivity contribution is 6.32. The Morgan fingerprint density at radius 1 is 1.16 bits per heavy atom. The summed E-state index contributed by atoms with van der Waals surface area (Å²) in [7, 11) is 0. The topological polar surface area (TPSA) is 48.1 Å². The van der Waals surface area contributed by atoms with Gasteiger partial charge in [0, 0.05) is 18.0 Å². The molecule has 0 aliphatic rings. The first-order valence-corrected chi connectivity index (χ1v) is 5.50. The number of nitrogen functional groups attached to an aromatic ring is 1. The van der Waals surface area contributed by atoms with Gasteiger partial charge in [0.25, 0.3) is 0 Å². The quantitative estimate of drug-likeness (QED) is 0.845. The Hall–Kier alpha value is -1.95. The highest BCUT2D eigenvalue weighted by Crippen LogP contribution is 2.32. The van der Waals surface area contributed by atoms with Gasteiger partial charge in [-0.25, -0.2) is 4.98 Å². The molecule has 2 aromatic rings. The fourth-order valence-electron chi connectivity index (χ4n) is 1.32. The Kier molecular flexibility index (Phi) is 3.53. The van der Waals surface area contributed by atoms with Crippen LogP contribution in [0.1, 0.15) is 5.56 Å². The van der Waals surface area contributed by atoms with Gasteiger partial charge in [-0.1, -0.05) is 11.6 Å². The third kappa shape index (κ3) is 3.29. The fourth-order valence-corrected chi connectivity index (χ4v) is 1.55. The number of anilines is 1. The van der Waals surface area contributed by atoms with E-state index in [1.165, 1.54) is 12.1 Å². The van der Waals surface area contributed by atoms with Gasteiger partial charge < -0.3 is 10.5 Å². The molecule has 3 nitrogen and oxygen atoms in total. The lowest BCUT2D eigenvalue weighted by Gasteiger charge is -2.09. The molecular weight excluding hydrogens is 281 g/mol. The van der Waals surface area contributed by atoms with E-state index in [9.17, 15) is 13.2 Å². The number of aromatic nitrogens is 1. The van der Waals surface area contributed by atoms with Gasteiger partial charge >= 0.3 is 6.18 Å². The van der Waals surface area contributed by atoms with Crippen molar-refractivity contribution < 1.29 is 17.9 Å². The van der Waals surface area contributed by atoms with Crippen LogP contribution in [0.15, 0.2) is 36.5 Å². The second-order valence-electron chi connectivity index (χ2n) is 3.67. The molecule has 1 heterocycles. The zero-order valence-corrected chi connectivity index (χ0v) is 10.2. The molecule has 0 amide bonds. The van der Waals surface area contributed by atoms with Gasteiger partial charge in [-0.3, -0.25) is 0 Å². The van der Waals surface area contributed by atoms with Crippen LogP contribution in [-0.4, -0.2) is 4.98 Å². The van der Waals surface area contributed by atoms with Crippen molar-refractivity contribution in [2.24, 2.45) is 0 Å². The molecule has 1 aromatic carbocycles. The van der Waals surface area contributed by atoms with Gasteiger partial charge in [-0.15, -0.1) is 0 Å². The second-order valence-corrected chi connectivity index (χ2v) is 4.08. The lowest BCUT2D eigenvalue weighted by atomic mass is 10.3. The van der Waals surface area contributed by atoms with Crippen LogP contribution >= 0.6 is 11.6 Å². The molecule has 2 rings (SSSR count). The SMILES string of the molecule is Nc1ccc(Oc2ccc(C(F)(F)F)cn2)c(Cl)c1. The Bertz CT molecular complexity index is 585. The van der Waals surface area contributed by atoms with Crippen molar-refractivity contribution >= 4 is 17.3 Å². The summed E-state index contributed by atoms with van der Waals surface area (Å²) in [5.74, 6) is 0.280. The third-order valence-electron chi connectivity index (χ3n) is 2.23. The molecule has 1 aromatic heterocycles. The van der Waals surface area contributed by atoms with Gasteiger partial charge in [0.05, 0.1) is 10.6 Å². The van der Waals surface area contributed by atoms with Crippen LogP contribution in [-0.2, 0) is 6.18 Å². The molecule has 0 bridgehead atoms. The van der Waals surface area contributed by atoms with E-state index in [2.05, 4.69) is 4.98 Å². The zero-order chi connectivity index (χ0) is 14.0. The van der Waals surface area contributed by atoms with E-state index in [4.69, 9.17) is 22.1 Å². The minimum atomic E-state index is -4.43. The number of rotatable bonds is 2. The summed E-state index contributed by atoms with van der Waals surface area (Å²) in [5, 5.41) is 0.252. The highest BCUT2D eigenvalue weighted by atomic mass is 35.5. The van der Waals surface area contributed by atoms with E-state index in [1.54, 1.807) is 6.07 Å². The number of hydrogen-bond acceptors (Lipinski definition) is 3. The minimum absolute atomic E-state index is 0.0136. The van der Waals surface area contributed by atoms with Crippen molar-refractivity contribution in [3.8, 4) is 11.6 Å². The molecule has 0 saturated heterocycles. The molecule has 0 saturated carbocycles. The highest BCUT2D eigenvalue weighted by Gasteiger charge is 2.30.